The zero-order chi connectivity index (χ0) is 18.6. The van der Waals surface area contributed by atoms with E-state index in [4.69, 9.17) is 4.42 Å². The van der Waals surface area contributed by atoms with Crippen LogP contribution in [0.15, 0.2) is 47.1 Å². The molecule has 0 radical (unpaired) electrons. The molecule has 1 atom stereocenters. The second-order valence-electron chi connectivity index (χ2n) is 7.30. The molecule has 1 aromatic heterocycles. The maximum absolute atomic E-state index is 12.9. The van der Waals surface area contributed by atoms with Crippen molar-refractivity contribution in [3.05, 3.63) is 59.5 Å². The van der Waals surface area contributed by atoms with Crippen LogP contribution in [0.25, 0.3) is 0 Å². The highest BCUT2D eigenvalue weighted by molar-refractivity contribution is 5.83. The number of benzene rings is 1. The van der Waals surface area contributed by atoms with Crippen LogP contribution in [0.2, 0.25) is 0 Å². The Morgan fingerprint density at radius 2 is 1.89 bits per heavy atom. The van der Waals surface area contributed by atoms with Crippen molar-refractivity contribution in [1.82, 2.24) is 15.5 Å². The highest BCUT2D eigenvalue weighted by Crippen LogP contribution is 2.21. The number of nitrogens with zero attached hydrogens (tertiary/aromatic N) is 1. The SMILES string of the molecule is O=C(NCc1ccco1)C1CCN(C(=O)C2Cc3ccccc3CN2)CC1. The first-order valence-electron chi connectivity index (χ1n) is 9.60. The van der Waals surface area contributed by atoms with Crippen LogP contribution < -0.4 is 10.6 Å². The Morgan fingerprint density at radius 3 is 2.63 bits per heavy atom. The normalized spacial score (nSPS) is 20.1. The van der Waals surface area contributed by atoms with E-state index in [-0.39, 0.29) is 23.8 Å². The van der Waals surface area contributed by atoms with Gasteiger partial charge in [-0.25, -0.2) is 0 Å². The van der Waals surface area contributed by atoms with Gasteiger partial charge in [-0.3, -0.25) is 9.59 Å². The van der Waals surface area contributed by atoms with Crippen molar-refractivity contribution in [1.29, 1.82) is 0 Å². The third kappa shape index (κ3) is 4.06. The molecule has 142 valence electrons. The lowest BCUT2D eigenvalue weighted by molar-refractivity contribution is -0.137. The molecule has 3 heterocycles. The van der Waals surface area contributed by atoms with Crippen molar-refractivity contribution >= 4 is 11.8 Å². The van der Waals surface area contributed by atoms with Crippen molar-refractivity contribution in [2.75, 3.05) is 13.1 Å². The molecule has 2 amide bonds. The molecule has 4 rings (SSSR count). The Labute approximate surface area is 158 Å². The summed E-state index contributed by atoms with van der Waals surface area (Å²) in [4.78, 5) is 27.1. The van der Waals surface area contributed by atoms with E-state index in [0.29, 0.717) is 32.5 Å². The van der Waals surface area contributed by atoms with Crippen LogP contribution in [0.3, 0.4) is 0 Å². The molecule has 2 N–H and O–H groups in total. The van der Waals surface area contributed by atoms with E-state index in [9.17, 15) is 9.59 Å². The van der Waals surface area contributed by atoms with Gasteiger partial charge < -0.3 is 20.0 Å². The quantitative estimate of drug-likeness (QED) is 0.865. The van der Waals surface area contributed by atoms with E-state index in [1.807, 2.05) is 29.2 Å². The first kappa shape index (κ1) is 17.8. The van der Waals surface area contributed by atoms with Gasteiger partial charge in [0.2, 0.25) is 11.8 Å². The molecule has 2 aliphatic rings. The minimum atomic E-state index is -0.163. The number of carbonyl (C=O) groups is 2. The number of nitrogens with one attached hydrogen (secondary N) is 2. The number of rotatable bonds is 4. The molecule has 0 spiro atoms. The summed E-state index contributed by atoms with van der Waals surface area (Å²) in [6.45, 7) is 2.42. The zero-order valence-corrected chi connectivity index (χ0v) is 15.3. The molecule has 0 saturated carbocycles. The third-order valence-electron chi connectivity index (χ3n) is 5.57. The van der Waals surface area contributed by atoms with Crippen molar-refractivity contribution in [3.8, 4) is 0 Å². The maximum Gasteiger partial charge on any atom is 0.240 e. The Hall–Kier alpha value is -2.60. The van der Waals surface area contributed by atoms with Crippen LogP contribution in [0.5, 0.6) is 0 Å². The van der Waals surface area contributed by atoms with Crippen molar-refractivity contribution in [3.63, 3.8) is 0 Å². The number of amides is 2. The second-order valence-corrected chi connectivity index (χ2v) is 7.30. The molecule has 6 heteroatoms. The van der Waals surface area contributed by atoms with E-state index in [2.05, 4.69) is 22.8 Å². The molecule has 1 saturated heterocycles. The lowest BCUT2D eigenvalue weighted by Crippen LogP contribution is -2.52. The molecule has 27 heavy (non-hydrogen) atoms. The van der Waals surface area contributed by atoms with E-state index in [1.54, 1.807) is 6.26 Å². The van der Waals surface area contributed by atoms with E-state index >= 15 is 0 Å². The van der Waals surface area contributed by atoms with Gasteiger partial charge in [-0.1, -0.05) is 24.3 Å². The number of furan rings is 1. The van der Waals surface area contributed by atoms with Crippen LogP contribution in [-0.4, -0.2) is 35.8 Å². The Balaban J connectivity index is 1.26. The average Bonchev–Trinajstić information content (AvgIpc) is 3.25. The van der Waals surface area contributed by atoms with Gasteiger partial charge in [0.25, 0.3) is 0 Å². The summed E-state index contributed by atoms with van der Waals surface area (Å²) >= 11 is 0. The number of carbonyl (C=O) groups excluding carboxylic acids is 2. The van der Waals surface area contributed by atoms with Gasteiger partial charge in [-0.2, -0.15) is 0 Å². The zero-order valence-electron chi connectivity index (χ0n) is 15.3. The average molecular weight is 367 g/mol. The predicted molar refractivity (Wildman–Crippen MR) is 101 cm³/mol. The highest BCUT2D eigenvalue weighted by atomic mass is 16.3. The van der Waals surface area contributed by atoms with Gasteiger partial charge in [0.05, 0.1) is 18.8 Å². The number of hydrogen-bond acceptors (Lipinski definition) is 4. The lowest BCUT2D eigenvalue weighted by atomic mass is 9.92. The maximum atomic E-state index is 12.9. The summed E-state index contributed by atoms with van der Waals surface area (Å²) in [6, 6.07) is 11.8. The molecule has 2 aromatic rings. The Kier molecular flexibility index (Phi) is 5.25. The number of piperidine rings is 1. The second kappa shape index (κ2) is 7.96. The van der Waals surface area contributed by atoms with E-state index < -0.39 is 0 Å². The lowest BCUT2D eigenvalue weighted by Gasteiger charge is -2.35. The molecule has 1 fully saturated rings. The van der Waals surface area contributed by atoms with Gasteiger partial charge in [0.1, 0.15) is 5.76 Å². The molecule has 6 nitrogen and oxygen atoms in total. The molecule has 2 aliphatic heterocycles. The van der Waals surface area contributed by atoms with Crippen LogP contribution in [-0.2, 0) is 29.1 Å². The van der Waals surface area contributed by atoms with Crippen molar-refractivity contribution < 1.29 is 14.0 Å². The van der Waals surface area contributed by atoms with Gasteiger partial charge in [-0.05, 0) is 42.5 Å². The van der Waals surface area contributed by atoms with Crippen LogP contribution in [0.1, 0.15) is 29.7 Å². The first-order chi connectivity index (χ1) is 13.2. The summed E-state index contributed by atoms with van der Waals surface area (Å²) in [5.74, 6) is 0.908. The van der Waals surface area contributed by atoms with Crippen molar-refractivity contribution in [2.45, 2.75) is 38.4 Å². The fourth-order valence-corrected chi connectivity index (χ4v) is 3.94. The van der Waals surface area contributed by atoms with Crippen molar-refractivity contribution in [2.24, 2.45) is 5.92 Å². The smallest absolute Gasteiger partial charge is 0.240 e. The molecule has 1 aromatic carbocycles. The fourth-order valence-electron chi connectivity index (χ4n) is 3.94. The summed E-state index contributed by atoms with van der Waals surface area (Å²) in [5, 5.41) is 6.29. The molecular formula is C21H25N3O3. The number of hydrogen-bond donors (Lipinski definition) is 2. The molecule has 0 bridgehead atoms. The summed E-state index contributed by atoms with van der Waals surface area (Å²) in [7, 11) is 0. The Morgan fingerprint density at radius 1 is 1.11 bits per heavy atom. The van der Waals surface area contributed by atoms with E-state index in [0.717, 1.165) is 18.7 Å². The summed E-state index contributed by atoms with van der Waals surface area (Å²) < 4.78 is 5.24. The standard InChI is InChI=1S/C21H25N3O3/c25-20(23-14-18-6-3-11-27-18)15-7-9-24(10-8-15)21(26)19-12-16-4-1-2-5-17(16)13-22-19/h1-6,11,15,19,22H,7-10,12-14H2,(H,23,25). The molecule has 1 unspecified atom stereocenters. The fraction of sp³-hybridized carbons (Fsp3) is 0.429. The summed E-state index contributed by atoms with van der Waals surface area (Å²) in [6.07, 6.45) is 3.75. The van der Waals surface area contributed by atoms with Gasteiger partial charge in [0, 0.05) is 25.6 Å². The van der Waals surface area contributed by atoms with Gasteiger partial charge in [-0.15, -0.1) is 0 Å². The van der Waals surface area contributed by atoms with Gasteiger partial charge >= 0.3 is 0 Å². The third-order valence-corrected chi connectivity index (χ3v) is 5.57. The van der Waals surface area contributed by atoms with Crippen LogP contribution in [0, 0.1) is 5.92 Å². The molecule has 0 aliphatic carbocycles. The van der Waals surface area contributed by atoms with E-state index in [1.165, 1.54) is 11.1 Å². The number of likely N-dealkylation sites (tertiary alicyclic amines) is 1. The Bertz CT molecular complexity index is 795. The van der Waals surface area contributed by atoms with Gasteiger partial charge in [0.15, 0.2) is 0 Å². The number of fused-ring (bicyclic) bond motifs is 1. The van der Waals surface area contributed by atoms with Crippen LogP contribution >= 0.6 is 0 Å². The van der Waals surface area contributed by atoms with Crippen LogP contribution in [0.4, 0.5) is 0 Å². The highest BCUT2D eigenvalue weighted by Gasteiger charge is 2.32. The minimum Gasteiger partial charge on any atom is -0.467 e. The molecular weight excluding hydrogens is 342 g/mol. The first-order valence-corrected chi connectivity index (χ1v) is 9.60. The summed E-state index contributed by atoms with van der Waals surface area (Å²) in [5.41, 5.74) is 2.52. The largest absolute Gasteiger partial charge is 0.467 e. The minimum absolute atomic E-state index is 0.0379. The monoisotopic (exact) mass is 367 g/mol. The predicted octanol–water partition coefficient (Wildman–Crippen LogP) is 1.85. The topological polar surface area (TPSA) is 74.6 Å².